The highest BCUT2D eigenvalue weighted by Gasteiger charge is 2.24. The van der Waals surface area contributed by atoms with Crippen molar-refractivity contribution >= 4 is 29.0 Å². The SMILES string of the molecule is CCOC(=O)c1ccc(-c2coc3cc(OC(=O)[C@H](C)NC(=O)OC(C)(C)C)cc(O)c3c2=O)o1. The molecule has 3 rings (SSSR count). The summed E-state index contributed by atoms with van der Waals surface area (Å²) in [5.41, 5.74) is -1.48. The Morgan fingerprint density at radius 2 is 1.89 bits per heavy atom. The summed E-state index contributed by atoms with van der Waals surface area (Å²) in [5, 5.41) is 12.6. The van der Waals surface area contributed by atoms with Crippen LogP contribution in [0.3, 0.4) is 0 Å². The van der Waals surface area contributed by atoms with Gasteiger partial charge in [-0.2, -0.15) is 0 Å². The van der Waals surface area contributed by atoms with E-state index in [9.17, 15) is 24.3 Å². The number of alkyl carbamates (subject to hydrolysis) is 1. The van der Waals surface area contributed by atoms with Crippen LogP contribution in [0, 0.1) is 0 Å². The topological polar surface area (TPSA) is 155 Å². The molecule has 1 amide bonds. The summed E-state index contributed by atoms with van der Waals surface area (Å²) in [5.74, 6) is -2.20. The summed E-state index contributed by atoms with van der Waals surface area (Å²) in [7, 11) is 0. The Balaban J connectivity index is 1.82. The number of phenols is 1. The minimum Gasteiger partial charge on any atom is -0.507 e. The first kappa shape index (κ1) is 25.3. The normalized spacial score (nSPS) is 12.1. The van der Waals surface area contributed by atoms with Gasteiger partial charge in [-0.05, 0) is 46.8 Å². The number of rotatable bonds is 6. The number of hydrogen-bond acceptors (Lipinski definition) is 10. The lowest BCUT2D eigenvalue weighted by atomic mass is 10.1. The van der Waals surface area contributed by atoms with Gasteiger partial charge in [-0.1, -0.05) is 0 Å². The van der Waals surface area contributed by atoms with Gasteiger partial charge in [0.25, 0.3) is 0 Å². The van der Waals surface area contributed by atoms with Gasteiger partial charge in [0.2, 0.25) is 11.2 Å². The Labute approximate surface area is 199 Å². The number of carbonyl (C=O) groups is 3. The van der Waals surface area contributed by atoms with Crippen molar-refractivity contribution in [1.29, 1.82) is 0 Å². The predicted octanol–water partition coefficient (Wildman–Crippen LogP) is 3.75. The summed E-state index contributed by atoms with van der Waals surface area (Å²) in [6.07, 6.45) is 0.293. The zero-order chi connectivity index (χ0) is 25.9. The van der Waals surface area contributed by atoms with Crippen molar-refractivity contribution in [3.05, 3.63) is 46.5 Å². The third kappa shape index (κ3) is 5.99. The van der Waals surface area contributed by atoms with Gasteiger partial charge in [0.1, 0.15) is 51.7 Å². The Hall–Kier alpha value is -4.28. The Morgan fingerprint density at radius 1 is 1.17 bits per heavy atom. The van der Waals surface area contributed by atoms with Crippen molar-refractivity contribution in [3.8, 4) is 22.8 Å². The van der Waals surface area contributed by atoms with Crippen molar-refractivity contribution in [2.45, 2.75) is 46.3 Å². The molecule has 0 aliphatic carbocycles. The molecule has 2 aromatic heterocycles. The Kier molecular flexibility index (Phi) is 7.18. The van der Waals surface area contributed by atoms with Crippen molar-refractivity contribution in [1.82, 2.24) is 5.32 Å². The first-order valence-corrected chi connectivity index (χ1v) is 10.7. The molecule has 35 heavy (non-hydrogen) atoms. The van der Waals surface area contributed by atoms with E-state index >= 15 is 0 Å². The third-order valence-electron chi connectivity index (χ3n) is 4.48. The zero-order valence-electron chi connectivity index (χ0n) is 19.8. The summed E-state index contributed by atoms with van der Waals surface area (Å²) >= 11 is 0. The lowest BCUT2D eigenvalue weighted by Gasteiger charge is -2.21. The minimum absolute atomic E-state index is 0.0386. The molecule has 1 aromatic carbocycles. The number of aromatic hydroxyl groups is 1. The van der Waals surface area contributed by atoms with E-state index in [0.29, 0.717) is 0 Å². The van der Waals surface area contributed by atoms with Gasteiger partial charge in [-0.25, -0.2) is 14.4 Å². The highest BCUT2D eigenvalue weighted by Crippen LogP contribution is 2.31. The average Bonchev–Trinajstić information content (AvgIpc) is 3.22. The number of ether oxygens (including phenoxy) is 3. The number of furan rings is 1. The molecule has 11 nitrogen and oxygen atoms in total. The first-order chi connectivity index (χ1) is 16.4. The van der Waals surface area contributed by atoms with E-state index in [-0.39, 0.29) is 40.4 Å². The smallest absolute Gasteiger partial charge is 0.408 e. The molecular formula is C24H25NO10. The van der Waals surface area contributed by atoms with Crippen LogP contribution in [0.5, 0.6) is 11.5 Å². The van der Waals surface area contributed by atoms with E-state index in [0.717, 1.165) is 12.3 Å². The maximum Gasteiger partial charge on any atom is 0.408 e. The molecule has 0 bridgehead atoms. The maximum absolute atomic E-state index is 13.0. The van der Waals surface area contributed by atoms with Crippen molar-refractivity contribution < 1.29 is 42.5 Å². The average molecular weight is 487 g/mol. The highest BCUT2D eigenvalue weighted by molar-refractivity contribution is 5.90. The van der Waals surface area contributed by atoms with Crippen molar-refractivity contribution in [2.24, 2.45) is 0 Å². The molecule has 1 atom stereocenters. The zero-order valence-corrected chi connectivity index (χ0v) is 19.8. The molecule has 11 heteroatoms. The third-order valence-corrected chi connectivity index (χ3v) is 4.48. The van der Waals surface area contributed by atoms with Gasteiger partial charge in [0.05, 0.1) is 6.61 Å². The van der Waals surface area contributed by atoms with E-state index in [1.54, 1.807) is 27.7 Å². The second-order valence-electron chi connectivity index (χ2n) is 8.47. The monoisotopic (exact) mass is 487 g/mol. The van der Waals surface area contributed by atoms with Gasteiger partial charge in [0, 0.05) is 12.1 Å². The summed E-state index contributed by atoms with van der Waals surface area (Å²) < 4.78 is 26.0. The number of amides is 1. The van der Waals surface area contributed by atoms with Gasteiger partial charge < -0.3 is 33.5 Å². The van der Waals surface area contributed by atoms with Crippen molar-refractivity contribution in [3.63, 3.8) is 0 Å². The molecule has 0 unspecified atom stereocenters. The first-order valence-electron chi connectivity index (χ1n) is 10.7. The molecule has 0 aliphatic rings. The quantitative estimate of drug-likeness (QED) is 0.388. The number of phenolic OH excluding ortho intramolecular Hbond substituents is 1. The number of benzene rings is 1. The van der Waals surface area contributed by atoms with E-state index in [1.807, 2.05) is 0 Å². The molecule has 0 aliphatic heterocycles. The summed E-state index contributed by atoms with van der Waals surface area (Å²) in [6, 6.07) is 3.99. The van der Waals surface area contributed by atoms with Crippen LogP contribution in [0.25, 0.3) is 22.3 Å². The van der Waals surface area contributed by atoms with Crippen LogP contribution in [-0.4, -0.2) is 41.4 Å². The number of hydrogen-bond donors (Lipinski definition) is 2. The van der Waals surface area contributed by atoms with Crippen LogP contribution in [0.4, 0.5) is 4.79 Å². The fraction of sp³-hybridized carbons (Fsp3) is 0.333. The molecule has 3 aromatic rings. The van der Waals surface area contributed by atoms with E-state index in [2.05, 4.69) is 5.32 Å². The van der Waals surface area contributed by atoms with Crippen molar-refractivity contribution in [2.75, 3.05) is 6.61 Å². The van der Waals surface area contributed by atoms with E-state index in [1.165, 1.54) is 25.1 Å². The number of nitrogens with one attached hydrogen (secondary N) is 1. The molecule has 0 saturated carbocycles. The second kappa shape index (κ2) is 9.92. The van der Waals surface area contributed by atoms with Crippen LogP contribution in [-0.2, 0) is 14.3 Å². The molecule has 0 spiro atoms. The molecule has 2 heterocycles. The lowest BCUT2D eigenvalue weighted by Crippen LogP contribution is -2.43. The molecule has 0 saturated heterocycles. The molecule has 186 valence electrons. The highest BCUT2D eigenvalue weighted by atomic mass is 16.6. The lowest BCUT2D eigenvalue weighted by molar-refractivity contribution is -0.136. The van der Waals surface area contributed by atoms with Gasteiger partial charge in [0.15, 0.2) is 0 Å². The van der Waals surface area contributed by atoms with E-state index < -0.39 is 40.9 Å². The summed E-state index contributed by atoms with van der Waals surface area (Å²) in [4.78, 5) is 49.0. The Morgan fingerprint density at radius 3 is 2.54 bits per heavy atom. The van der Waals surface area contributed by atoms with Crippen LogP contribution >= 0.6 is 0 Å². The van der Waals surface area contributed by atoms with Crippen LogP contribution in [0.15, 0.2) is 44.2 Å². The maximum atomic E-state index is 13.0. The Bertz CT molecular complexity index is 1330. The fourth-order valence-electron chi connectivity index (χ4n) is 2.98. The molecular weight excluding hydrogens is 462 g/mol. The predicted molar refractivity (Wildman–Crippen MR) is 122 cm³/mol. The van der Waals surface area contributed by atoms with Crippen LogP contribution in [0.1, 0.15) is 45.2 Å². The minimum atomic E-state index is -1.07. The second-order valence-corrected chi connectivity index (χ2v) is 8.47. The molecule has 0 fully saturated rings. The van der Waals surface area contributed by atoms with Gasteiger partial charge in [-0.15, -0.1) is 0 Å². The summed E-state index contributed by atoms with van der Waals surface area (Å²) in [6.45, 7) is 8.23. The molecule has 0 radical (unpaired) electrons. The molecule has 2 N–H and O–H groups in total. The number of carbonyl (C=O) groups excluding carboxylic acids is 3. The van der Waals surface area contributed by atoms with Crippen LogP contribution in [0.2, 0.25) is 0 Å². The standard InChI is InChI=1S/C24H25NO10/c1-6-31-22(29)17-8-7-16(34-17)14-11-32-18-10-13(9-15(26)19(18)20(14)27)33-21(28)12(2)25-23(30)35-24(3,4)5/h7-12,26H,6H2,1-5H3,(H,25,30)/t12-/m0/s1. The van der Waals surface area contributed by atoms with E-state index in [4.69, 9.17) is 23.0 Å². The fourth-order valence-corrected chi connectivity index (χ4v) is 2.98. The van der Waals surface area contributed by atoms with Gasteiger partial charge in [-0.3, -0.25) is 4.79 Å². The number of fused-ring (bicyclic) bond motifs is 1. The largest absolute Gasteiger partial charge is 0.507 e. The number of esters is 2. The van der Waals surface area contributed by atoms with Crippen LogP contribution < -0.4 is 15.5 Å². The van der Waals surface area contributed by atoms with Gasteiger partial charge >= 0.3 is 18.0 Å².